The van der Waals surface area contributed by atoms with Gasteiger partial charge in [-0.1, -0.05) is 36.4 Å². The lowest BCUT2D eigenvalue weighted by Crippen LogP contribution is -2.42. The molecule has 3 heterocycles. The second-order valence-corrected chi connectivity index (χ2v) is 8.87. The second-order valence-electron chi connectivity index (χ2n) is 8.87. The number of carbonyl (C=O) groups excluding carboxylic acids is 3. The number of anilines is 1. The highest BCUT2D eigenvalue weighted by Crippen LogP contribution is 2.26. The Morgan fingerprint density at radius 2 is 1.73 bits per heavy atom. The van der Waals surface area contributed by atoms with E-state index in [1.807, 2.05) is 59.5 Å². The molecule has 5 rings (SSSR count). The minimum atomic E-state index is -0.326. The molecule has 2 fully saturated rings. The highest BCUT2D eigenvalue weighted by atomic mass is 16.3. The number of carbonyl (C=O) groups is 3. The highest BCUT2D eigenvalue weighted by Gasteiger charge is 2.35. The first-order chi connectivity index (χ1) is 16.1. The van der Waals surface area contributed by atoms with Gasteiger partial charge in [0.25, 0.3) is 5.91 Å². The molecule has 2 aliphatic heterocycles. The first-order valence-corrected chi connectivity index (χ1v) is 11.5. The molecular weight excluding hydrogens is 418 g/mol. The topological polar surface area (TPSA) is 82.9 Å². The number of nitrogens with zero attached hydrogens (tertiary/aromatic N) is 2. The smallest absolute Gasteiger partial charge is 0.289 e. The number of hydrogen-bond acceptors (Lipinski definition) is 4. The van der Waals surface area contributed by atoms with Crippen molar-refractivity contribution in [2.24, 2.45) is 11.8 Å². The van der Waals surface area contributed by atoms with Crippen molar-refractivity contribution in [2.75, 3.05) is 31.1 Å². The van der Waals surface area contributed by atoms with Gasteiger partial charge in [-0.05, 0) is 43.0 Å². The van der Waals surface area contributed by atoms with Crippen LogP contribution in [0.1, 0.15) is 29.8 Å². The third-order valence-electron chi connectivity index (χ3n) is 6.67. The minimum Gasteiger partial charge on any atom is -0.451 e. The summed E-state index contributed by atoms with van der Waals surface area (Å²) in [7, 11) is 0. The maximum absolute atomic E-state index is 12.8. The lowest BCUT2D eigenvalue weighted by molar-refractivity contribution is -0.126. The molecule has 7 nitrogen and oxygen atoms in total. The fraction of sp³-hybridized carbons (Fsp3) is 0.346. The van der Waals surface area contributed by atoms with Crippen molar-refractivity contribution in [1.82, 2.24) is 10.2 Å². The van der Waals surface area contributed by atoms with E-state index in [4.69, 9.17) is 4.42 Å². The van der Waals surface area contributed by atoms with Crippen LogP contribution < -0.4 is 10.2 Å². The van der Waals surface area contributed by atoms with Crippen molar-refractivity contribution in [2.45, 2.75) is 19.3 Å². The molecule has 2 aliphatic rings. The Hall–Kier alpha value is -3.61. The molecular formula is C26H27N3O4. The summed E-state index contributed by atoms with van der Waals surface area (Å²) in [5.41, 5.74) is 1.55. The first-order valence-electron chi connectivity index (χ1n) is 11.5. The average Bonchev–Trinajstić information content (AvgIpc) is 3.47. The molecule has 0 unspecified atom stereocenters. The standard InChI is InChI=1S/C26H27N3O4/c30-24-15-20(17-29(24)21-7-2-1-3-8-21)25(31)27-16-18-10-12-28(13-11-18)26(32)23-14-19-6-4-5-9-22(19)33-23/h1-9,14,18,20H,10-13,15-17H2,(H,27,31)/t20-/m1/s1. The second kappa shape index (κ2) is 9.10. The van der Waals surface area contributed by atoms with E-state index in [0.717, 1.165) is 29.5 Å². The van der Waals surface area contributed by atoms with E-state index in [9.17, 15) is 14.4 Å². The summed E-state index contributed by atoms with van der Waals surface area (Å²) in [6.07, 6.45) is 1.89. The predicted octanol–water partition coefficient (Wildman–Crippen LogP) is 3.45. The molecule has 2 aromatic carbocycles. The Morgan fingerprint density at radius 1 is 1.00 bits per heavy atom. The van der Waals surface area contributed by atoms with Crippen molar-refractivity contribution >= 4 is 34.4 Å². The predicted molar refractivity (Wildman–Crippen MR) is 125 cm³/mol. The first kappa shape index (κ1) is 21.2. The molecule has 0 spiro atoms. The normalized spacial score (nSPS) is 19.3. The Bertz CT molecular complexity index is 1130. The number of likely N-dealkylation sites (tertiary alicyclic amines) is 1. The largest absolute Gasteiger partial charge is 0.451 e. The van der Waals surface area contributed by atoms with Crippen LogP contribution in [0, 0.1) is 11.8 Å². The van der Waals surface area contributed by atoms with Crippen LogP contribution >= 0.6 is 0 Å². The molecule has 1 aromatic heterocycles. The maximum Gasteiger partial charge on any atom is 0.289 e. The number of para-hydroxylation sites is 2. The van der Waals surface area contributed by atoms with Gasteiger partial charge in [-0.3, -0.25) is 14.4 Å². The van der Waals surface area contributed by atoms with E-state index >= 15 is 0 Å². The molecule has 0 saturated carbocycles. The summed E-state index contributed by atoms with van der Waals surface area (Å²) in [5.74, 6) is 0.195. The van der Waals surface area contributed by atoms with Gasteiger partial charge in [-0.15, -0.1) is 0 Å². The molecule has 1 N–H and O–H groups in total. The number of amides is 3. The molecule has 1 atom stereocenters. The van der Waals surface area contributed by atoms with Crippen LogP contribution in [0.4, 0.5) is 5.69 Å². The van der Waals surface area contributed by atoms with Crippen LogP contribution in [0.2, 0.25) is 0 Å². The number of benzene rings is 2. The van der Waals surface area contributed by atoms with Crippen molar-refractivity contribution in [3.05, 3.63) is 66.4 Å². The molecule has 2 saturated heterocycles. The zero-order chi connectivity index (χ0) is 22.8. The van der Waals surface area contributed by atoms with Gasteiger partial charge in [0.2, 0.25) is 11.8 Å². The Kier molecular flexibility index (Phi) is 5.86. The van der Waals surface area contributed by atoms with Crippen molar-refractivity contribution in [3.8, 4) is 0 Å². The molecule has 0 bridgehead atoms. The molecule has 0 radical (unpaired) electrons. The van der Waals surface area contributed by atoms with E-state index in [0.29, 0.717) is 37.9 Å². The number of rotatable bonds is 5. The number of furan rings is 1. The van der Waals surface area contributed by atoms with Crippen LogP contribution in [0.3, 0.4) is 0 Å². The van der Waals surface area contributed by atoms with Crippen LogP contribution in [-0.4, -0.2) is 48.8 Å². The SMILES string of the molecule is O=C(NCC1CCN(C(=O)c2cc3ccccc3o2)CC1)[C@@H]1CC(=O)N(c2ccccc2)C1. The van der Waals surface area contributed by atoms with Gasteiger partial charge in [0.05, 0.1) is 5.92 Å². The van der Waals surface area contributed by atoms with Gasteiger partial charge >= 0.3 is 0 Å². The zero-order valence-corrected chi connectivity index (χ0v) is 18.4. The Balaban J connectivity index is 1.09. The van der Waals surface area contributed by atoms with E-state index in [2.05, 4.69) is 5.32 Å². The third kappa shape index (κ3) is 4.49. The van der Waals surface area contributed by atoms with Crippen LogP contribution in [0.15, 0.2) is 65.1 Å². The number of hydrogen-bond donors (Lipinski definition) is 1. The Labute approximate surface area is 192 Å². The monoisotopic (exact) mass is 445 g/mol. The van der Waals surface area contributed by atoms with Crippen molar-refractivity contribution < 1.29 is 18.8 Å². The van der Waals surface area contributed by atoms with Gasteiger partial charge < -0.3 is 19.5 Å². The van der Waals surface area contributed by atoms with E-state index in [1.54, 1.807) is 11.0 Å². The minimum absolute atomic E-state index is 0.0150. The molecule has 33 heavy (non-hydrogen) atoms. The summed E-state index contributed by atoms with van der Waals surface area (Å²) < 4.78 is 5.72. The van der Waals surface area contributed by atoms with Gasteiger partial charge in [-0.2, -0.15) is 0 Å². The van der Waals surface area contributed by atoms with Crippen LogP contribution in [-0.2, 0) is 9.59 Å². The third-order valence-corrected chi connectivity index (χ3v) is 6.67. The van der Waals surface area contributed by atoms with Gasteiger partial charge in [0.1, 0.15) is 5.58 Å². The number of nitrogens with one attached hydrogen (secondary N) is 1. The van der Waals surface area contributed by atoms with E-state index in [1.165, 1.54) is 0 Å². The quantitative estimate of drug-likeness (QED) is 0.652. The van der Waals surface area contributed by atoms with Crippen LogP contribution in [0.5, 0.6) is 0 Å². The van der Waals surface area contributed by atoms with Gasteiger partial charge in [0, 0.05) is 43.7 Å². The fourth-order valence-electron chi connectivity index (χ4n) is 4.71. The summed E-state index contributed by atoms with van der Waals surface area (Å²) >= 11 is 0. The lowest BCUT2D eigenvalue weighted by atomic mass is 9.96. The van der Waals surface area contributed by atoms with E-state index in [-0.39, 0.29) is 30.1 Å². The van der Waals surface area contributed by atoms with Gasteiger partial charge in [0.15, 0.2) is 5.76 Å². The van der Waals surface area contributed by atoms with Crippen LogP contribution in [0.25, 0.3) is 11.0 Å². The highest BCUT2D eigenvalue weighted by molar-refractivity contribution is 6.00. The number of fused-ring (bicyclic) bond motifs is 1. The molecule has 7 heteroatoms. The van der Waals surface area contributed by atoms with Gasteiger partial charge in [-0.25, -0.2) is 0 Å². The number of piperidine rings is 1. The molecule has 3 aromatic rings. The summed E-state index contributed by atoms with van der Waals surface area (Å²) in [5, 5.41) is 3.97. The lowest BCUT2D eigenvalue weighted by Gasteiger charge is -2.31. The summed E-state index contributed by atoms with van der Waals surface area (Å²) in [6, 6.07) is 18.9. The summed E-state index contributed by atoms with van der Waals surface area (Å²) in [4.78, 5) is 41.4. The van der Waals surface area contributed by atoms with Crippen molar-refractivity contribution in [1.29, 1.82) is 0 Å². The summed E-state index contributed by atoms with van der Waals surface area (Å²) in [6.45, 7) is 2.26. The molecule has 0 aliphatic carbocycles. The van der Waals surface area contributed by atoms with E-state index < -0.39 is 0 Å². The molecule has 170 valence electrons. The zero-order valence-electron chi connectivity index (χ0n) is 18.4. The maximum atomic E-state index is 12.8. The average molecular weight is 446 g/mol. The fourth-order valence-corrected chi connectivity index (χ4v) is 4.71. The Morgan fingerprint density at radius 3 is 2.48 bits per heavy atom. The molecule has 3 amide bonds. The van der Waals surface area contributed by atoms with Crippen molar-refractivity contribution in [3.63, 3.8) is 0 Å².